The molecular formula is C16H27N3O4. The van der Waals surface area contributed by atoms with Gasteiger partial charge >= 0.3 is 6.03 Å². The molecule has 3 heterocycles. The van der Waals surface area contributed by atoms with E-state index in [2.05, 4.69) is 5.32 Å². The molecule has 0 saturated carbocycles. The van der Waals surface area contributed by atoms with Crippen molar-refractivity contribution in [3.05, 3.63) is 0 Å². The van der Waals surface area contributed by atoms with Gasteiger partial charge in [-0.15, -0.1) is 0 Å². The largest absolute Gasteiger partial charge is 0.381 e. The van der Waals surface area contributed by atoms with Crippen LogP contribution in [-0.2, 0) is 14.3 Å². The summed E-state index contributed by atoms with van der Waals surface area (Å²) < 4.78 is 10.6. The average Bonchev–Trinajstić information content (AvgIpc) is 2.63. The van der Waals surface area contributed by atoms with E-state index in [0.717, 1.165) is 38.9 Å². The van der Waals surface area contributed by atoms with Crippen molar-refractivity contribution in [3.8, 4) is 0 Å². The lowest BCUT2D eigenvalue weighted by molar-refractivity contribution is -0.141. The minimum atomic E-state index is 0.00849. The SMILES string of the molecule is O=C(NC1CCOCC1)N1CCC(C(=O)N2CCOCC2)CC1. The lowest BCUT2D eigenvalue weighted by Crippen LogP contribution is -2.51. The molecule has 0 radical (unpaired) electrons. The molecule has 0 aliphatic carbocycles. The number of carbonyl (C=O) groups excluding carboxylic acids is 2. The van der Waals surface area contributed by atoms with Gasteiger partial charge in [-0.3, -0.25) is 4.79 Å². The van der Waals surface area contributed by atoms with Crippen LogP contribution in [0.3, 0.4) is 0 Å². The van der Waals surface area contributed by atoms with Crippen molar-refractivity contribution in [3.63, 3.8) is 0 Å². The highest BCUT2D eigenvalue weighted by molar-refractivity contribution is 5.80. The second-order valence-electron chi connectivity index (χ2n) is 6.54. The zero-order valence-electron chi connectivity index (χ0n) is 13.7. The molecule has 0 spiro atoms. The second-order valence-corrected chi connectivity index (χ2v) is 6.54. The molecule has 0 atom stereocenters. The smallest absolute Gasteiger partial charge is 0.317 e. The normalized spacial score (nSPS) is 24.5. The predicted octanol–water partition coefficient (Wildman–Crippen LogP) is 0.446. The van der Waals surface area contributed by atoms with Gasteiger partial charge in [0, 0.05) is 51.4 Å². The summed E-state index contributed by atoms with van der Waals surface area (Å²) in [7, 11) is 0. The summed E-state index contributed by atoms with van der Waals surface area (Å²) in [6.07, 6.45) is 3.30. The fourth-order valence-electron chi connectivity index (χ4n) is 3.48. The van der Waals surface area contributed by atoms with E-state index >= 15 is 0 Å². The van der Waals surface area contributed by atoms with Gasteiger partial charge in [0.1, 0.15) is 0 Å². The second kappa shape index (κ2) is 7.97. The van der Waals surface area contributed by atoms with Gasteiger partial charge in [-0.25, -0.2) is 4.79 Å². The molecule has 7 nitrogen and oxygen atoms in total. The van der Waals surface area contributed by atoms with Crippen molar-refractivity contribution in [2.45, 2.75) is 31.7 Å². The molecule has 3 amide bonds. The highest BCUT2D eigenvalue weighted by Crippen LogP contribution is 2.20. The standard InChI is InChI=1S/C16H27N3O4/c20-15(18-7-11-23-12-8-18)13-1-5-19(6-2-13)16(21)17-14-3-9-22-10-4-14/h13-14H,1-12H2,(H,17,21). The number of nitrogens with zero attached hydrogens (tertiary/aromatic N) is 2. The monoisotopic (exact) mass is 325 g/mol. The van der Waals surface area contributed by atoms with Crippen LogP contribution in [0, 0.1) is 5.92 Å². The number of piperidine rings is 1. The Morgan fingerprint density at radius 3 is 2.04 bits per heavy atom. The molecule has 0 unspecified atom stereocenters. The Hall–Kier alpha value is -1.34. The molecular weight excluding hydrogens is 298 g/mol. The summed E-state index contributed by atoms with van der Waals surface area (Å²) in [6.45, 7) is 5.44. The van der Waals surface area contributed by atoms with Crippen molar-refractivity contribution >= 4 is 11.9 Å². The van der Waals surface area contributed by atoms with Crippen molar-refractivity contribution in [1.29, 1.82) is 0 Å². The number of likely N-dealkylation sites (tertiary alicyclic amines) is 1. The number of nitrogens with one attached hydrogen (secondary N) is 1. The first-order valence-electron chi connectivity index (χ1n) is 8.74. The van der Waals surface area contributed by atoms with Crippen molar-refractivity contribution in [2.75, 3.05) is 52.6 Å². The number of urea groups is 1. The topological polar surface area (TPSA) is 71.1 Å². The number of ether oxygens (including phenoxy) is 2. The molecule has 0 aromatic heterocycles. The maximum Gasteiger partial charge on any atom is 0.317 e. The molecule has 7 heteroatoms. The number of hydrogen-bond acceptors (Lipinski definition) is 4. The Morgan fingerprint density at radius 1 is 0.783 bits per heavy atom. The summed E-state index contributed by atoms with van der Waals surface area (Å²) >= 11 is 0. The number of carbonyl (C=O) groups is 2. The third-order valence-electron chi connectivity index (χ3n) is 5.00. The average molecular weight is 325 g/mol. The minimum absolute atomic E-state index is 0.00849. The first-order chi connectivity index (χ1) is 11.2. The van der Waals surface area contributed by atoms with Crippen LogP contribution in [0.1, 0.15) is 25.7 Å². The maximum absolute atomic E-state index is 12.5. The van der Waals surface area contributed by atoms with Crippen LogP contribution in [-0.4, -0.2) is 80.4 Å². The van der Waals surface area contributed by atoms with Gasteiger partial charge in [-0.2, -0.15) is 0 Å². The molecule has 3 saturated heterocycles. The van der Waals surface area contributed by atoms with Crippen molar-refractivity contribution in [1.82, 2.24) is 15.1 Å². The Kier molecular flexibility index (Phi) is 5.72. The quantitative estimate of drug-likeness (QED) is 0.800. The van der Waals surface area contributed by atoms with Gasteiger partial charge in [-0.05, 0) is 25.7 Å². The number of morpholine rings is 1. The Bertz CT molecular complexity index is 412. The molecule has 3 rings (SSSR count). The van der Waals surface area contributed by atoms with Gasteiger partial charge in [0.2, 0.25) is 5.91 Å². The minimum Gasteiger partial charge on any atom is -0.381 e. The van der Waals surface area contributed by atoms with E-state index in [1.54, 1.807) is 0 Å². The number of hydrogen-bond donors (Lipinski definition) is 1. The maximum atomic E-state index is 12.5. The molecule has 3 aliphatic heterocycles. The summed E-state index contributed by atoms with van der Waals surface area (Å²) in [5.74, 6) is 0.290. The summed E-state index contributed by atoms with van der Waals surface area (Å²) in [4.78, 5) is 28.5. The number of rotatable bonds is 2. The fourth-order valence-corrected chi connectivity index (χ4v) is 3.48. The van der Waals surface area contributed by atoms with E-state index in [0.29, 0.717) is 39.4 Å². The first-order valence-corrected chi connectivity index (χ1v) is 8.74. The van der Waals surface area contributed by atoms with Crippen LogP contribution in [0.15, 0.2) is 0 Å². The Labute approximate surface area is 137 Å². The Morgan fingerprint density at radius 2 is 1.39 bits per heavy atom. The lowest BCUT2D eigenvalue weighted by Gasteiger charge is -2.36. The molecule has 1 N–H and O–H groups in total. The summed E-state index contributed by atoms with van der Waals surface area (Å²) in [6, 6.07) is 0.234. The molecule has 0 aromatic carbocycles. The van der Waals surface area contributed by atoms with Crippen molar-refractivity contribution < 1.29 is 19.1 Å². The van der Waals surface area contributed by atoms with E-state index in [1.807, 2.05) is 9.80 Å². The molecule has 0 bridgehead atoms. The predicted molar refractivity (Wildman–Crippen MR) is 84.1 cm³/mol. The van der Waals surface area contributed by atoms with Crippen LogP contribution in [0.25, 0.3) is 0 Å². The highest BCUT2D eigenvalue weighted by Gasteiger charge is 2.31. The summed E-state index contributed by atoms with van der Waals surface area (Å²) in [5.41, 5.74) is 0. The van der Waals surface area contributed by atoms with Gasteiger partial charge in [0.25, 0.3) is 0 Å². The van der Waals surface area contributed by atoms with Crippen LogP contribution < -0.4 is 5.32 Å². The first kappa shape index (κ1) is 16.5. The van der Waals surface area contributed by atoms with Gasteiger partial charge in [-0.1, -0.05) is 0 Å². The van der Waals surface area contributed by atoms with E-state index in [9.17, 15) is 9.59 Å². The zero-order valence-corrected chi connectivity index (χ0v) is 13.7. The number of amides is 3. The lowest BCUT2D eigenvalue weighted by atomic mass is 9.95. The summed E-state index contributed by atoms with van der Waals surface area (Å²) in [5, 5.41) is 3.09. The van der Waals surface area contributed by atoms with Gasteiger partial charge < -0.3 is 24.6 Å². The van der Waals surface area contributed by atoms with Crippen LogP contribution in [0.4, 0.5) is 4.79 Å². The van der Waals surface area contributed by atoms with E-state index < -0.39 is 0 Å². The highest BCUT2D eigenvalue weighted by atomic mass is 16.5. The zero-order chi connectivity index (χ0) is 16.1. The molecule has 3 aliphatic rings. The van der Waals surface area contributed by atoms with Crippen LogP contribution >= 0.6 is 0 Å². The van der Waals surface area contributed by atoms with Crippen molar-refractivity contribution in [2.24, 2.45) is 5.92 Å². The van der Waals surface area contributed by atoms with Crippen LogP contribution in [0.2, 0.25) is 0 Å². The molecule has 0 aromatic rings. The third-order valence-corrected chi connectivity index (χ3v) is 5.00. The fraction of sp³-hybridized carbons (Fsp3) is 0.875. The van der Waals surface area contributed by atoms with Gasteiger partial charge in [0.15, 0.2) is 0 Å². The van der Waals surface area contributed by atoms with E-state index in [-0.39, 0.29) is 23.9 Å². The van der Waals surface area contributed by atoms with E-state index in [1.165, 1.54) is 0 Å². The Balaban J connectivity index is 1.42. The van der Waals surface area contributed by atoms with Crippen LogP contribution in [0.5, 0.6) is 0 Å². The molecule has 3 fully saturated rings. The molecule has 130 valence electrons. The van der Waals surface area contributed by atoms with Gasteiger partial charge in [0.05, 0.1) is 13.2 Å². The molecule has 23 heavy (non-hydrogen) atoms. The van der Waals surface area contributed by atoms with E-state index in [4.69, 9.17) is 9.47 Å². The third kappa shape index (κ3) is 4.35.